The number of carbonyl (C=O) groups is 2. The highest BCUT2D eigenvalue weighted by atomic mass is 32.1. The van der Waals surface area contributed by atoms with Crippen molar-refractivity contribution in [2.24, 2.45) is 0 Å². The van der Waals surface area contributed by atoms with Crippen LogP contribution in [-0.4, -0.2) is 40.9 Å². The van der Waals surface area contributed by atoms with Crippen molar-refractivity contribution >= 4 is 41.6 Å². The maximum absolute atomic E-state index is 12.2. The highest BCUT2D eigenvalue weighted by Crippen LogP contribution is 2.22. The number of hydrogen-bond acceptors (Lipinski definition) is 7. The van der Waals surface area contributed by atoms with Crippen molar-refractivity contribution in [1.82, 2.24) is 20.9 Å². The van der Waals surface area contributed by atoms with Gasteiger partial charge in [0.1, 0.15) is 11.4 Å². The number of nitriles is 2. The molecule has 31 heavy (non-hydrogen) atoms. The van der Waals surface area contributed by atoms with Crippen LogP contribution in [0.15, 0.2) is 48.5 Å². The minimum Gasteiger partial charge on any atom is -0.287 e. The Kier molecular flexibility index (Phi) is 8.53. The van der Waals surface area contributed by atoms with Crippen LogP contribution in [0.4, 0.5) is 0 Å². The Labute approximate surface area is 191 Å². The van der Waals surface area contributed by atoms with Gasteiger partial charge < -0.3 is 0 Å². The molecular formula is C21H20N6O2S2. The molecule has 0 saturated carbocycles. The normalized spacial score (nSPS) is 11.0. The summed E-state index contributed by atoms with van der Waals surface area (Å²) in [6, 6.07) is 17.6. The predicted molar refractivity (Wildman–Crippen MR) is 122 cm³/mol. The van der Waals surface area contributed by atoms with Gasteiger partial charge in [-0.2, -0.15) is 23.2 Å². The number of amides is 2. The van der Waals surface area contributed by atoms with Gasteiger partial charge in [0.2, 0.25) is 11.8 Å². The molecule has 0 aliphatic heterocycles. The molecule has 1 atom stereocenters. The van der Waals surface area contributed by atoms with Crippen LogP contribution in [0.1, 0.15) is 34.0 Å². The van der Waals surface area contributed by atoms with Gasteiger partial charge in [0.15, 0.2) is 0 Å². The molecule has 0 fully saturated rings. The first kappa shape index (κ1) is 23.8. The van der Waals surface area contributed by atoms with E-state index in [2.05, 4.69) is 23.5 Å². The molecule has 2 amide bonds. The molecule has 0 aromatic heterocycles. The monoisotopic (exact) mass is 452 g/mol. The summed E-state index contributed by atoms with van der Waals surface area (Å²) in [5.74, 6) is -1.10. The number of nitrogens with zero attached hydrogens (tertiary/aromatic N) is 4. The Morgan fingerprint density at radius 1 is 1.03 bits per heavy atom. The maximum Gasteiger partial charge on any atom is 0.247 e. The fraction of sp³-hybridized carbons (Fsp3) is 0.190. The minimum atomic E-state index is -0.561. The lowest BCUT2D eigenvalue weighted by molar-refractivity contribution is -0.133. The molecule has 0 aliphatic carbocycles. The minimum absolute atomic E-state index is 0.302. The van der Waals surface area contributed by atoms with E-state index in [-0.39, 0.29) is 0 Å². The van der Waals surface area contributed by atoms with Gasteiger partial charge >= 0.3 is 0 Å². The summed E-state index contributed by atoms with van der Waals surface area (Å²) in [4.78, 5) is 24.8. The van der Waals surface area contributed by atoms with E-state index >= 15 is 0 Å². The maximum atomic E-state index is 12.2. The van der Waals surface area contributed by atoms with E-state index in [4.69, 9.17) is 22.7 Å². The molecule has 0 bridgehead atoms. The summed E-state index contributed by atoms with van der Waals surface area (Å²) in [7, 11) is 3.16. The SMILES string of the molecule is CN(NC(=O)CC(=O)NN(C)C(S)c1cccc(C#N)c1)C(=S)c1cccc(C#N)c1. The Morgan fingerprint density at radius 2 is 1.61 bits per heavy atom. The molecule has 0 heterocycles. The average molecular weight is 453 g/mol. The van der Waals surface area contributed by atoms with E-state index < -0.39 is 23.6 Å². The lowest BCUT2D eigenvalue weighted by Crippen LogP contribution is -2.46. The number of thiol groups is 1. The second kappa shape index (κ2) is 11.1. The van der Waals surface area contributed by atoms with Gasteiger partial charge in [-0.3, -0.25) is 25.4 Å². The van der Waals surface area contributed by atoms with Crippen molar-refractivity contribution in [3.8, 4) is 12.1 Å². The topological polar surface area (TPSA) is 112 Å². The summed E-state index contributed by atoms with van der Waals surface area (Å²) < 4.78 is 0. The Hall–Kier alpha value is -3.44. The third-order valence-corrected chi connectivity index (χ3v) is 5.29. The fourth-order valence-electron chi connectivity index (χ4n) is 2.63. The van der Waals surface area contributed by atoms with Crippen LogP contribution in [0.3, 0.4) is 0 Å². The molecule has 0 radical (unpaired) electrons. The van der Waals surface area contributed by atoms with Crippen molar-refractivity contribution in [2.45, 2.75) is 11.8 Å². The van der Waals surface area contributed by atoms with Crippen LogP contribution >= 0.6 is 24.8 Å². The van der Waals surface area contributed by atoms with Gasteiger partial charge in [-0.1, -0.05) is 36.5 Å². The van der Waals surface area contributed by atoms with E-state index in [9.17, 15) is 9.59 Å². The van der Waals surface area contributed by atoms with E-state index in [1.165, 1.54) is 10.0 Å². The number of hydrogen-bond donors (Lipinski definition) is 3. The number of rotatable bonds is 6. The molecule has 0 saturated heterocycles. The van der Waals surface area contributed by atoms with Crippen LogP contribution in [0.5, 0.6) is 0 Å². The molecule has 2 aromatic carbocycles. The fourth-order valence-corrected chi connectivity index (χ4v) is 3.02. The third-order valence-electron chi connectivity index (χ3n) is 4.14. The van der Waals surface area contributed by atoms with Gasteiger partial charge in [0, 0.05) is 19.7 Å². The number of benzene rings is 2. The van der Waals surface area contributed by atoms with E-state index in [0.717, 1.165) is 5.56 Å². The van der Waals surface area contributed by atoms with Crippen LogP contribution in [0.2, 0.25) is 0 Å². The first-order valence-corrected chi connectivity index (χ1v) is 9.95. The standard InChI is InChI=1S/C21H20N6O2S2/c1-26(20(30)16-7-3-5-14(9-16)12-22)24-18(28)11-19(29)25-27(2)21(31)17-8-4-6-15(10-17)13-23/h3-10,20,30H,11H2,1-2H3,(H,24,28)(H,25,29). The lowest BCUT2D eigenvalue weighted by atomic mass is 10.1. The summed E-state index contributed by atoms with van der Waals surface area (Å²) in [6.07, 6.45) is -0.436. The second-order valence-corrected chi connectivity index (χ2v) is 7.40. The molecule has 2 N–H and O–H groups in total. The molecule has 0 aliphatic rings. The molecule has 1 unspecified atom stereocenters. The summed E-state index contributed by atoms with van der Waals surface area (Å²) >= 11 is 9.78. The predicted octanol–water partition coefficient (Wildman–Crippen LogP) is 2.05. The number of thiocarbonyl (C=S) groups is 1. The Balaban J connectivity index is 1.89. The molecule has 0 spiro atoms. The van der Waals surface area contributed by atoms with Crippen LogP contribution in [0, 0.1) is 22.7 Å². The van der Waals surface area contributed by atoms with Crippen LogP contribution < -0.4 is 10.9 Å². The van der Waals surface area contributed by atoms with Gasteiger partial charge in [-0.15, -0.1) is 0 Å². The number of nitrogens with one attached hydrogen (secondary N) is 2. The molecular weight excluding hydrogens is 432 g/mol. The van der Waals surface area contributed by atoms with Gasteiger partial charge in [0.25, 0.3) is 0 Å². The molecule has 2 rings (SSSR count). The van der Waals surface area contributed by atoms with Crippen molar-refractivity contribution in [1.29, 1.82) is 10.5 Å². The molecule has 8 nitrogen and oxygen atoms in total. The average Bonchev–Trinajstić information content (AvgIpc) is 2.77. The molecule has 10 heteroatoms. The Bertz CT molecular complexity index is 1080. The van der Waals surface area contributed by atoms with Crippen molar-refractivity contribution < 1.29 is 9.59 Å². The third kappa shape index (κ3) is 6.79. The van der Waals surface area contributed by atoms with Crippen LogP contribution in [-0.2, 0) is 9.59 Å². The summed E-state index contributed by atoms with van der Waals surface area (Å²) in [5.41, 5.74) is 7.36. The zero-order valence-electron chi connectivity index (χ0n) is 16.9. The van der Waals surface area contributed by atoms with Crippen molar-refractivity contribution in [3.05, 3.63) is 70.8 Å². The molecule has 158 valence electrons. The van der Waals surface area contributed by atoms with E-state index in [1.54, 1.807) is 62.6 Å². The number of hydrazine groups is 2. The highest BCUT2D eigenvalue weighted by molar-refractivity contribution is 7.80. The van der Waals surface area contributed by atoms with Crippen molar-refractivity contribution in [2.75, 3.05) is 14.1 Å². The van der Waals surface area contributed by atoms with Crippen LogP contribution in [0.25, 0.3) is 0 Å². The quantitative estimate of drug-likeness (QED) is 0.202. The smallest absolute Gasteiger partial charge is 0.247 e. The van der Waals surface area contributed by atoms with Gasteiger partial charge in [-0.05, 0) is 29.8 Å². The van der Waals surface area contributed by atoms with Gasteiger partial charge in [0.05, 0.1) is 28.6 Å². The Morgan fingerprint density at radius 3 is 2.26 bits per heavy atom. The first-order chi connectivity index (χ1) is 14.7. The second-order valence-electron chi connectivity index (χ2n) is 6.53. The number of carbonyl (C=O) groups excluding carboxylic acids is 2. The van der Waals surface area contributed by atoms with Gasteiger partial charge in [-0.25, -0.2) is 5.01 Å². The van der Waals surface area contributed by atoms with E-state index in [0.29, 0.717) is 21.7 Å². The first-order valence-electron chi connectivity index (χ1n) is 9.03. The zero-order valence-corrected chi connectivity index (χ0v) is 18.6. The largest absolute Gasteiger partial charge is 0.287 e. The summed E-state index contributed by atoms with van der Waals surface area (Å²) in [6.45, 7) is 0. The zero-order chi connectivity index (χ0) is 23.0. The summed E-state index contributed by atoms with van der Waals surface area (Å²) in [5, 5.41) is 20.2. The van der Waals surface area contributed by atoms with E-state index in [1.807, 2.05) is 12.1 Å². The van der Waals surface area contributed by atoms with Crippen molar-refractivity contribution in [3.63, 3.8) is 0 Å². The lowest BCUT2D eigenvalue weighted by Gasteiger charge is -2.25. The molecule has 2 aromatic rings. The highest BCUT2D eigenvalue weighted by Gasteiger charge is 2.18.